The van der Waals surface area contributed by atoms with E-state index in [0.29, 0.717) is 5.71 Å². The van der Waals surface area contributed by atoms with Crippen LogP contribution in [0.4, 0.5) is 0 Å². The molecule has 0 unspecified atom stereocenters. The summed E-state index contributed by atoms with van der Waals surface area (Å²) in [5.74, 6) is 0. The van der Waals surface area contributed by atoms with E-state index >= 15 is 0 Å². The van der Waals surface area contributed by atoms with E-state index in [1.807, 2.05) is 36.0 Å². The highest BCUT2D eigenvalue weighted by Crippen LogP contribution is 2.24. The van der Waals surface area contributed by atoms with Gasteiger partial charge in [0.2, 0.25) is 5.71 Å². The number of fused-ring (bicyclic) bond motifs is 1. The van der Waals surface area contributed by atoms with Gasteiger partial charge >= 0.3 is 5.63 Å². The predicted octanol–water partition coefficient (Wildman–Crippen LogP) is 2.66. The van der Waals surface area contributed by atoms with Crippen molar-refractivity contribution < 1.29 is 4.42 Å². The summed E-state index contributed by atoms with van der Waals surface area (Å²) in [6.07, 6.45) is 0. The fourth-order valence-corrected chi connectivity index (χ4v) is 2.71. The lowest BCUT2D eigenvalue weighted by atomic mass is 10.2. The van der Waals surface area contributed by atoms with Gasteiger partial charge in [-0.15, -0.1) is 16.4 Å². The Hall–Kier alpha value is -1.88. The molecule has 86 valence electrons. The van der Waals surface area contributed by atoms with Crippen LogP contribution in [0.25, 0.3) is 16.1 Å². The zero-order chi connectivity index (χ0) is 12.0. The second kappa shape index (κ2) is 3.56. The molecule has 3 aromatic rings. The van der Waals surface area contributed by atoms with Gasteiger partial charge in [0, 0.05) is 6.07 Å². The van der Waals surface area contributed by atoms with Crippen molar-refractivity contribution in [1.82, 2.24) is 9.78 Å². The van der Waals surface area contributed by atoms with Gasteiger partial charge < -0.3 is 4.42 Å². The van der Waals surface area contributed by atoms with Crippen molar-refractivity contribution in [3.05, 3.63) is 45.3 Å². The van der Waals surface area contributed by atoms with Gasteiger partial charge in [-0.05, 0) is 36.9 Å². The second-order valence-corrected chi connectivity index (χ2v) is 4.80. The van der Waals surface area contributed by atoms with E-state index in [1.54, 1.807) is 11.3 Å². The Morgan fingerprint density at radius 2 is 2.24 bits per heavy atom. The van der Waals surface area contributed by atoms with Gasteiger partial charge in [0.05, 0.1) is 11.1 Å². The molecule has 0 fully saturated rings. The predicted molar refractivity (Wildman–Crippen MR) is 67.0 cm³/mol. The molecule has 5 heteroatoms. The molecule has 0 atom stereocenters. The molecule has 0 spiro atoms. The van der Waals surface area contributed by atoms with E-state index in [0.717, 1.165) is 21.6 Å². The van der Waals surface area contributed by atoms with Crippen molar-refractivity contribution in [2.24, 2.45) is 0 Å². The van der Waals surface area contributed by atoms with E-state index in [9.17, 15) is 4.79 Å². The van der Waals surface area contributed by atoms with E-state index in [1.165, 1.54) is 6.07 Å². The molecular weight excluding hydrogens is 236 g/mol. The van der Waals surface area contributed by atoms with Crippen molar-refractivity contribution in [3.63, 3.8) is 0 Å². The summed E-state index contributed by atoms with van der Waals surface area (Å²) in [4.78, 5) is 11.3. The standard InChI is InChI=1S/C12H10N2O2S/c1-7-6-10(15)16-12-11(7)8(2)14(13-12)9-4-3-5-17-9/h3-6H,1-2H3. The highest BCUT2D eigenvalue weighted by atomic mass is 32.1. The van der Waals surface area contributed by atoms with Gasteiger partial charge in [0.15, 0.2) is 0 Å². The Balaban J connectivity index is 2.40. The van der Waals surface area contributed by atoms with Crippen molar-refractivity contribution >= 4 is 22.4 Å². The molecule has 0 N–H and O–H groups in total. The minimum absolute atomic E-state index is 0.356. The summed E-state index contributed by atoms with van der Waals surface area (Å²) in [5, 5.41) is 8.26. The first-order valence-electron chi connectivity index (χ1n) is 5.21. The van der Waals surface area contributed by atoms with E-state index in [4.69, 9.17) is 4.42 Å². The summed E-state index contributed by atoms with van der Waals surface area (Å²) in [6.45, 7) is 3.87. The minimum Gasteiger partial charge on any atom is -0.402 e. The number of aryl methyl sites for hydroxylation is 2. The van der Waals surface area contributed by atoms with Gasteiger partial charge in [-0.1, -0.05) is 0 Å². The van der Waals surface area contributed by atoms with Crippen LogP contribution in [-0.4, -0.2) is 9.78 Å². The summed E-state index contributed by atoms with van der Waals surface area (Å²) < 4.78 is 6.93. The number of nitrogens with zero attached hydrogens (tertiary/aromatic N) is 2. The van der Waals surface area contributed by atoms with E-state index < -0.39 is 0 Å². The third-order valence-corrected chi connectivity index (χ3v) is 3.57. The van der Waals surface area contributed by atoms with Crippen LogP contribution in [0.15, 0.2) is 32.8 Å². The van der Waals surface area contributed by atoms with E-state index in [-0.39, 0.29) is 5.63 Å². The van der Waals surface area contributed by atoms with Crippen LogP contribution in [0.2, 0.25) is 0 Å². The molecule has 0 amide bonds. The summed E-state index contributed by atoms with van der Waals surface area (Å²) >= 11 is 1.60. The molecule has 4 nitrogen and oxygen atoms in total. The van der Waals surface area contributed by atoms with Crippen molar-refractivity contribution in [2.75, 3.05) is 0 Å². The maximum absolute atomic E-state index is 11.3. The molecule has 3 heterocycles. The van der Waals surface area contributed by atoms with E-state index in [2.05, 4.69) is 5.10 Å². The van der Waals surface area contributed by atoms with Gasteiger partial charge in [-0.2, -0.15) is 0 Å². The molecule has 0 saturated carbocycles. The van der Waals surface area contributed by atoms with Crippen LogP contribution in [0.1, 0.15) is 11.3 Å². The Morgan fingerprint density at radius 1 is 1.41 bits per heavy atom. The Kier molecular flexibility index (Phi) is 2.16. The highest BCUT2D eigenvalue weighted by Gasteiger charge is 2.14. The molecule has 0 aliphatic rings. The number of hydrogen-bond acceptors (Lipinski definition) is 4. The van der Waals surface area contributed by atoms with Crippen LogP contribution >= 0.6 is 11.3 Å². The fraction of sp³-hybridized carbons (Fsp3) is 0.167. The number of hydrogen-bond donors (Lipinski definition) is 0. The molecule has 3 aromatic heterocycles. The smallest absolute Gasteiger partial charge is 0.337 e. The SMILES string of the molecule is Cc1cc(=O)oc2nn(-c3cccs3)c(C)c12. The third-order valence-electron chi connectivity index (χ3n) is 2.73. The lowest BCUT2D eigenvalue weighted by molar-refractivity contribution is 0.544. The third kappa shape index (κ3) is 1.51. The highest BCUT2D eigenvalue weighted by molar-refractivity contribution is 7.12. The number of rotatable bonds is 1. The Labute approximate surface area is 101 Å². The molecule has 3 rings (SSSR count). The van der Waals surface area contributed by atoms with Crippen LogP contribution < -0.4 is 5.63 Å². The number of thiophene rings is 1. The maximum Gasteiger partial charge on any atom is 0.337 e. The van der Waals surface area contributed by atoms with Gasteiger partial charge in [-0.25, -0.2) is 9.48 Å². The van der Waals surface area contributed by atoms with Crippen LogP contribution in [0.3, 0.4) is 0 Å². The lowest BCUT2D eigenvalue weighted by Crippen LogP contribution is -1.96. The lowest BCUT2D eigenvalue weighted by Gasteiger charge is -1.98. The molecule has 0 aliphatic carbocycles. The Bertz CT molecular complexity index is 738. The van der Waals surface area contributed by atoms with Crippen molar-refractivity contribution in [2.45, 2.75) is 13.8 Å². The van der Waals surface area contributed by atoms with Crippen molar-refractivity contribution in [3.8, 4) is 5.00 Å². The van der Waals surface area contributed by atoms with Crippen LogP contribution in [-0.2, 0) is 0 Å². The second-order valence-electron chi connectivity index (χ2n) is 3.88. The molecule has 0 bridgehead atoms. The first-order chi connectivity index (χ1) is 8.16. The molecule has 0 aliphatic heterocycles. The zero-order valence-electron chi connectivity index (χ0n) is 9.43. The van der Waals surface area contributed by atoms with Crippen molar-refractivity contribution in [1.29, 1.82) is 0 Å². The van der Waals surface area contributed by atoms with Crippen LogP contribution in [0.5, 0.6) is 0 Å². The van der Waals surface area contributed by atoms with Crippen LogP contribution in [0, 0.1) is 13.8 Å². The quantitative estimate of drug-likeness (QED) is 0.663. The zero-order valence-corrected chi connectivity index (χ0v) is 10.2. The van der Waals surface area contributed by atoms with Gasteiger partial charge in [0.25, 0.3) is 0 Å². The largest absolute Gasteiger partial charge is 0.402 e. The first-order valence-corrected chi connectivity index (χ1v) is 6.09. The minimum atomic E-state index is -0.356. The Morgan fingerprint density at radius 3 is 2.94 bits per heavy atom. The normalized spacial score (nSPS) is 11.2. The average molecular weight is 246 g/mol. The summed E-state index contributed by atoms with van der Waals surface area (Å²) in [6, 6.07) is 5.45. The number of aromatic nitrogens is 2. The molecule has 0 aromatic carbocycles. The summed E-state index contributed by atoms with van der Waals surface area (Å²) in [7, 11) is 0. The summed E-state index contributed by atoms with van der Waals surface area (Å²) in [5.41, 5.74) is 1.94. The average Bonchev–Trinajstić information content (AvgIpc) is 2.85. The molecule has 0 radical (unpaired) electrons. The van der Waals surface area contributed by atoms with Gasteiger partial charge in [0.1, 0.15) is 5.00 Å². The topological polar surface area (TPSA) is 48.0 Å². The van der Waals surface area contributed by atoms with Gasteiger partial charge in [-0.3, -0.25) is 0 Å². The maximum atomic E-state index is 11.3. The fourth-order valence-electron chi connectivity index (χ4n) is 1.98. The molecule has 0 saturated heterocycles. The molecule has 17 heavy (non-hydrogen) atoms. The first kappa shape index (κ1) is 10.3. The monoisotopic (exact) mass is 246 g/mol. The molecular formula is C12H10N2O2S.